The van der Waals surface area contributed by atoms with Crippen LogP contribution in [0, 0.1) is 10.1 Å². The molecule has 1 aromatic heterocycles. The molecule has 2 aromatic rings. The standard InChI is InChI=1S/C12H11ClN4O3/c13-9-4-2-5-10(17(18)19)12(9)20-7-8-3-1-6-11(15-8)16-14/h1-6H,7,14H2,(H,15,16). The Bertz CT molecular complexity index is 636. The lowest BCUT2D eigenvalue weighted by Crippen LogP contribution is -2.10. The number of hydrogen-bond acceptors (Lipinski definition) is 6. The number of aromatic nitrogens is 1. The van der Waals surface area contributed by atoms with E-state index in [9.17, 15) is 10.1 Å². The molecule has 0 fully saturated rings. The molecule has 0 saturated carbocycles. The van der Waals surface area contributed by atoms with Crippen molar-refractivity contribution in [2.24, 2.45) is 5.84 Å². The molecule has 0 spiro atoms. The van der Waals surface area contributed by atoms with E-state index in [-0.39, 0.29) is 23.1 Å². The molecule has 3 N–H and O–H groups in total. The van der Waals surface area contributed by atoms with E-state index in [1.54, 1.807) is 18.2 Å². The minimum absolute atomic E-state index is 0.0204. The summed E-state index contributed by atoms with van der Waals surface area (Å²) in [6, 6.07) is 9.47. The molecule has 0 amide bonds. The van der Waals surface area contributed by atoms with Gasteiger partial charge in [0.05, 0.1) is 15.6 Å². The maximum Gasteiger partial charge on any atom is 0.312 e. The van der Waals surface area contributed by atoms with Crippen LogP contribution in [-0.4, -0.2) is 9.91 Å². The largest absolute Gasteiger partial charge is 0.479 e. The zero-order valence-corrected chi connectivity index (χ0v) is 11.0. The molecule has 0 aliphatic carbocycles. The Morgan fingerprint density at radius 2 is 2.10 bits per heavy atom. The molecule has 0 aliphatic heterocycles. The van der Waals surface area contributed by atoms with Crippen molar-refractivity contribution in [1.82, 2.24) is 4.98 Å². The average Bonchev–Trinajstić information content (AvgIpc) is 2.45. The SMILES string of the molecule is NNc1cccc(COc2c(Cl)cccc2[N+](=O)[O-])n1. The maximum atomic E-state index is 10.9. The van der Waals surface area contributed by atoms with E-state index >= 15 is 0 Å². The van der Waals surface area contributed by atoms with E-state index in [1.165, 1.54) is 18.2 Å². The third-order valence-corrected chi connectivity index (χ3v) is 2.76. The highest BCUT2D eigenvalue weighted by atomic mass is 35.5. The molecule has 0 saturated heterocycles. The number of nitro groups is 1. The summed E-state index contributed by atoms with van der Waals surface area (Å²) in [4.78, 5) is 14.5. The fraction of sp³-hybridized carbons (Fsp3) is 0.0833. The highest BCUT2D eigenvalue weighted by molar-refractivity contribution is 6.32. The van der Waals surface area contributed by atoms with Crippen molar-refractivity contribution in [2.75, 3.05) is 5.43 Å². The van der Waals surface area contributed by atoms with Gasteiger partial charge in [-0.05, 0) is 18.2 Å². The van der Waals surface area contributed by atoms with Crippen LogP contribution in [0.25, 0.3) is 0 Å². The van der Waals surface area contributed by atoms with Gasteiger partial charge in [-0.2, -0.15) is 0 Å². The van der Waals surface area contributed by atoms with E-state index in [0.717, 1.165) is 0 Å². The van der Waals surface area contributed by atoms with Gasteiger partial charge in [-0.15, -0.1) is 0 Å². The van der Waals surface area contributed by atoms with Crippen LogP contribution in [0.4, 0.5) is 11.5 Å². The lowest BCUT2D eigenvalue weighted by Gasteiger charge is -2.08. The van der Waals surface area contributed by atoms with Crippen LogP contribution in [-0.2, 0) is 6.61 Å². The molecule has 0 bridgehead atoms. The number of benzene rings is 1. The first-order valence-corrected chi connectivity index (χ1v) is 5.98. The van der Waals surface area contributed by atoms with Crippen molar-refractivity contribution in [3.05, 3.63) is 57.2 Å². The topological polar surface area (TPSA) is 103 Å². The summed E-state index contributed by atoms with van der Waals surface area (Å²) in [6.45, 7) is 0.0418. The molecule has 7 nitrogen and oxygen atoms in total. The van der Waals surface area contributed by atoms with E-state index < -0.39 is 4.92 Å². The number of nitrogen functional groups attached to an aromatic ring is 1. The van der Waals surface area contributed by atoms with Crippen molar-refractivity contribution in [3.8, 4) is 5.75 Å². The first kappa shape index (κ1) is 14.0. The average molecular weight is 295 g/mol. The van der Waals surface area contributed by atoms with Gasteiger partial charge >= 0.3 is 5.69 Å². The fourth-order valence-corrected chi connectivity index (χ4v) is 1.79. The van der Waals surface area contributed by atoms with E-state index in [0.29, 0.717) is 11.5 Å². The van der Waals surface area contributed by atoms with Gasteiger partial charge in [-0.3, -0.25) is 10.1 Å². The smallest absolute Gasteiger partial charge is 0.312 e. The summed E-state index contributed by atoms with van der Waals surface area (Å²) in [5, 5.41) is 11.1. The highest BCUT2D eigenvalue weighted by Gasteiger charge is 2.18. The Kier molecular flexibility index (Phi) is 4.34. The molecule has 0 aliphatic rings. The zero-order valence-electron chi connectivity index (χ0n) is 10.2. The summed E-state index contributed by atoms with van der Waals surface area (Å²) in [6.07, 6.45) is 0. The van der Waals surface area contributed by atoms with E-state index in [4.69, 9.17) is 22.2 Å². The molecule has 8 heteroatoms. The first-order chi connectivity index (χ1) is 9.61. The molecule has 0 atom stereocenters. The normalized spacial score (nSPS) is 10.1. The van der Waals surface area contributed by atoms with E-state index in [1.807, 2.05) is 0 Å². The van der Waals surface area contributed by atoms with Gasteiger partial charge in [0.2, 0.25) is 5.75 Å². The maximum absolute atomic E-state index is 10.9. The monoisotopic (exact) mass is 294 g/mol. The third-order valence-electron chi connectivity index (χ3n) is 2.46. The molecule has 0 radical (unpaired) electrons. The van der Waals surface area contributed by atoms with E-state index in [2.05, 4.69) is 10.4 Å². The summed E-state index contributed by atoms with van der Waals surface area (Å²) in [5.74, 6) is 5.74. The Morgan fingerprint density at radius 3 is 2.80 bits per heavy atom. The fourth-order valence-electron chi connectivity index (χ4n) is 1.57. The molecule has 2 rings (SSSR count). The summed E-state index contributed by atoms with van der Waals surface area (Å²) < 4.78 is 5.41. The van der Waals surface area contributed by atoms with Crippen LogP contribution in [0.5, 0.6) is 5.75 Å². The lowest BCUT2D eigenvalue weighted by atomic mass is 10.3. The number of hydrogen-bond donors (Lipinski definition) is 2. The number of hydrazine groups is 1. The van der Waals surface area contributed by atoms with Crippen molar-refractivity contribution in [2.45, 2.75) is 6.61 Å². The number of halogens is 1. The molecule has 20 heavy (non-hydrogen) atoms. The van der Waals surface area contributed by atoms with Crippen LogP contribution in [0.2, 0.25) is 5.02 Å². The molecule has 104 valence electrons. The van der Waals surface area contributed by atoms with Gasteiger partial charge in [-0.1, -0.05) is 23.7 Å². The summed E-state index contributed by atoms with van der Waals surface area (Å²) in [7, 11) is 0. The van der Waals surface area contributed by atoms with Gasteiger partial charge in [0.15, 0.2) is 0 Å². The minimum atomic E-state index is -0.549. The van der Waals surface area contributed by atoms with Crippen LogP contribution in [0.15, 0.2) is 36.4 Å². The number of rotatable bonds is 5. The number of nitrogens with two attached hydrogens (primary N) is 1. The van der Waals surface area contributed by atoms with Crippen LogP contribution < -0.4 is 16.0 Å². The second-order valence-electron chi connectivity index (χ2n) is 3.79. The molecular weight excluding hydrogens is 284 g/mol. The number of para-hydroxylation sites is 1. The van der Waals surface area contributed by atoms with Gasteiger partial charge in [-0.25, -0.2) is 10.8 Å². The van der Waals surface area contributed by atoms with Gasteiger partial charge in [0.1, 0.15) is 12.4 Å². The number of pyridine rings is 1. The second kappa shape index (κ2) is 6.18. The molecular formula is C12H11ClN4O3. The number of ether oxygens (including phenoxy) is 1. The van der Waals surface area contributed by atoms with Gasteiger partial charge in [0.25, 0.3) is 0 Å². The minimum Gasteiger partial charge on any atom is -0.479 e. The van der Waals surface area contributed by atoms with Gasteiger partial charge in [0, 0.05) is 6.07 Å². The number of nitro benzene ring substituents is 1. The third kappa shape index (κ3) is 3.14. The number of nitrogens with zero attached hydrogens (tertiary/aromatic N) is 2. The van der Waals surface area contributed by atoms with Gasteiger partial charge < -0.3 is 10.2 Å². The van der Waals surface area contributed by atoms with Crippen LogP contribution in [0.3, 0.4) is 0 Å². The van der Waals surface area contributed by atoms with Crippen molar-refractivity contribution >= 4 is 23.1 Å². The summed E-state index contributed by atoms with van der Waals surface area (Å²) >= 11 is 5.92. The Hall–Kier alpha value is -2.38. The highest BCUT2D eigenvalue weighted by Crippen LogP contribution is 2.34. The zero-order chi connectivity index (χ0) is 14.5. The Balaban J connectivity index is 2.20. The van der Waals surface area contributed by atoms with Crippen molar-refractivity contribution in [1.29, 1.82) is 0 Å². The summed E-state index contributed by atoms with van der Waals surface area (Å²) in [5.41, 5.74) is 2.78. The number of anilines is 1. The Morgan fingerprint density at radius 1 is 1.35 bits per heavy atom. The predicted octanol–water partition coefficient (Wildman–Crippen LogP) is 2.51. The van der Waals surface area contributed by atoms with Crippen molar-refractivity contribution < 1.29 is 9.66 Å². The lowest BCUT2D eigenvalue weighted by molar-refractivity contribution is -0.385. The predicted molar refractivity (Wildman–Crippen MR) is 74.5 cm³/mol. The molecule has 1 aromatic carbocycles. The van der Waals surface area contributed by atoms with Crippen molar-refractivity contribution in [3.63, 3.8) is 0 Å². The molecule has 0 unspecified atom stereocenters. The first-order valence-electron chi connectivity index (χ1n) is 5.60. The Labute approximate surface area is 119 Å². The van der Waals surface area contributed by atoms with Crippen LogP contribution in [0.1, 0.15) is 5.69 Å². The number of nitrogens with one attached hydrogen (secondary N) is 1. The second-order valence-corrected chi connectivity index (χ2v) is 4.20. The quantitative estimate of drug-likeness (QED) is 0.499. The van der Waals surface area contributed by atoms with Crippen LogP contribution >= 0.6 is 11.6 Å². The molecule has 1 heterocycles.